The summed E-state index contributed by atoms with van der Waals surface area (Å²) >= 11 is 0. The molecule has 2 aromatic rings. The Balaban J connectivity index is 1.54. The highest BCUT2D eigenvalue weighted by molar-refractivity contribution is 5.36. The van der Waals surface area contributed by atoms with E-state index in [9.17, 15) is 0 Å². The van der Waals surface area contributed by atoms with Crippen LogP contribution < -0.4 is 5.32 Å². The van der Waals surface area contributed by atoms with Crippen LogP contribution in [0.25, 0.3) is 0 Å². The third-order valence-electron chi connectivity index (χ3n) is 3.66. The predicted molar refractivity (Wildman–Crippen MR) is 80.5 cm³/mol. The lowest BCUT2D eigenvalue weighted by molar-refractivity contribution is 0.328. The minimum Gasteiger partial charge on any atom is -0.365 e. The molecule has 20 heavy (non-hydrogen) atoms. The van der Waals surface area contributed by atoms with Crippen LogP contribution in [0.2, 0.25) is 0 Å². The molecule has 2 heterocycles. The number of rotatable bonds is 4. The number of hydrogen-bond donors (Lipinski definition) is 1. The van der Waals surface area contributed by atoms with Crippen LogP contribution in [-0.4, -0.2) is 34.2 Å². The zero-order valence-electron chi connectivity index (χ0n) is 11.8. The van der Waals surface area contributed by atoms with Crippen molar-refractivity contribution in [3.63, 3.8) is 0 Å². The molecule has 1 aliphatic heterocycles. The molecule has 1 aromatic heterocycles. The van der Waals surface area contributed by atoms with Crippen LogP contribution in [0.4, 0.5) is 5.82 Å². The van der Waals surface area contributed by atoms with E-state index in [0.717, 1.165) is 37.4 Å². The van der Waals surface area contributed by atoms with Gasteiger partial charge >= 0.3 is 0 Å². The maximum Gasteiger partial charge on any atom is 0.149 e. The minimum absolute atomic E-state index is 0.467. The number of hydrogen-bond acceptors (Lipinski definition) is 4. The molecule has 0 radical (unpaired) electrons. The van der Waals surface area contributed by atoms with E-state index >= 15 is 0 Å². The Morgan fingerprint density at radius 2 is 2.15 bits per heavy atom. The maximum absolute atomic E-state index is 4.13. The van der Waals surface area contributed by atoms with E-state index in [4.69, 9.17) is 0 Å². The molecule has 1 aromatic carbocycles. The van der Waals surface area contributed by atoms with E-state index in [1.807, 2.05) is 13.0 Å². The van der Waals surface area contributed by atoms with Crippen molar-refractivity contribution >= 4 is 5.82 Å². The molecule has 0 spiro atoms. The van der Waals surface area contributed by atoms with E-state index in [2.05, 4.69) is 50.7 Å². The largest absolute Gasteiger partial charge is 0.365 e. The highest BCUT2D eigenvalue weighted by atomic mass is 15.2. The number of nitrogens with zero attached hydrogens (tertiary/aromatic N) is 3. The summed E-state index contributed by atoms with van der Waals surface area (Å²) in [6.45, 7) is 5.26. The van der Waals surface area contributed by atoms with E-state index in [1.54, 1.807) is 6.20 Å². The van der Waals surface area contributed by atoms with Gasteiger partial charge in [-0.1, -0.05) is 30.3 Å². The van der Waals surface area contributed by atoms with Crippen molar-refractivity contribution in [3.8, 4) is 0 Å². The van der Waals surface area contributed by atoms with Crippen LogP contribution in [0.15, 0.2) is 42.6 Å². The zero-order chi connectivity index (χ0) is 13.8. The molecule has 1 saturated heterocycles. The van der Waals surface area contributed by atoms with Crippen molar-refractivity contribution in [1.29, 1.82) is 0 Å². The Morgan fingerprint density at radius 3 is 2.95 bits per heavy atom. The summed E-state index contributed by atoms with van der Waals surface area (Å²) < 4.78 is 0. The second kappa shape index (κ2) is 6.01. The molecule has 104 valence electrons. The topological polar surface area (TPSA) is 41.1 Å². The lowest BCUT2D eigenvalue weighted by Gasteiger charge is -2.17. The van der Waals surface area contributed by atoms with Gasteiger partial charge in [-0.3, -0.25) is 4.90 Å². The second-order valence-electron chi connectivity index (χ2n) is 5.47. The molecule has 4 heteroatoms. The number of aryl methyl sites for hydroxylation is 1. The quantitative estimate of drug-likeness (QED) is 0.925. The van der Waals surface area contributed by atoms with Crippen LogP contribution in [0, 0.1) is 6.92 Å². The van der Waals surface area contributed by atoms with Crippen molar-refractivity contribution in [1.82, 2.24) is 15.1 Å². The Kier molecular flexibility index (Phi) is 3.92. The first-order valence-electron chi connectivity index (χ1n) is 7.12. The number of likely N-dealkylation sites (tertiary alicyclic amines) is 1. The predicted octanol–water partition coefficient (Wildman–Crippen LogP) is 2.47. The summed E-state index contributed by atoms with van der Waals surface area (Å²) in [7, 11) is 0. The first-order valence-corrected chi connectivity index (χ1v) is 7.12. The monoisotopic (exact) mass is 268 g/mol. The van der Waals surface area contributed by atoms with Gasteiger partial charge in [0.15, 0.2) is 0 Å². The fourth-order valence-electron chi connectivity index (χ4n) is 2.68. The molecule has 0 bridgehead atoms. The summed E-state index contributed by atoms with van der Waals surface area (Å²) in [6.07, 6.45) is 2.93. The molecule has 3 rings (SSSR count). The van der Waals surface area contributed by atoms with Crippen molar-refractivity contribution < 1.29 is 0 Å². The van der Waals surface area contributed by atoms with Gasteiger partial charge in [-0.2, -0.15) is 5.10 Å². The third-order valence-corrected chi connectivity index (χ3v) is 3.66. The number of nitrogens with one attached hydrogen (secondary N) is 1. The minimum atomic E-state index is 0.467. The number of anilines is 1. The van der Waals surface area contributed by atoms with Gasteiger partial charge in [-0.15, -0.1) is 5.10 Å². The molecule has 1 aliphatic rings. The molecule has 0 amide bonds. The van der Waals surface area contributed by atoms with Gasteiger partial charge in [0, 0.05) is 25.7 Å². The highest BCUT2D eigenvalue weighted by Crippen LogP contribution is 2.16. The standard InChI is InChI=1S/C16H20N4/c1-13-9-16(19-17-10-13)18-15-7-8-20(12-15)11-14-5-3-2-4-6-14/h2-6,9-10,15H,7-8,11-12H2,1H3,(H,18,19). The summed E-state index contributed by atoms with van der Waals surface area (Å²) in [5.74, 6) is 0.886. The second-order valence-corrected chi connectivity index (χ2v) is 5.47. The van der Waals surface area contributed by atoms with Gasteiger partial charge in [-0.25, -0.2) is 0 Å². The molecule has 1 N–H and O–H groups in total. The average molecular weight is 268 g/mol. The lowest BCUT2D eigenvalue weighted by atomic mass is 10.2. The van der Waals surface area contributed by atoms with Gasteiger partial charge in [-0.05, 0) is 30.5 Å². The average Bonchev–Trinajstić information content (AvgIpc) is 2.87. The van der Waals surface area contributed by atoms with Crippen LogP contribution in [0.5, 0.6) is 0 Å². The summed E-state index contributed by atoms with van der Waals surface area (Å²) in [6, 6.07) is 13.2. The summed E-state index contributed by atoms with van der Waals surface area (Å²) in [4.78, 5) is 2.48. The van der Waals surface area contributed by atoms with E-state index in [-0.39, 0.29) is 0 Å². The first-order chi connectivity index (χ1) is 9.79. The highest BCUT2D eigenvalue weighted by Gasteiger charge is 2.22. The van der Waals surface area contributed by atoms with Crippen LogP contribution in [0.1, 0.15) is 17.5 Å². The molecule has 1 unspecified atom stereocenters. The normalized spacial score (nSPS) is 19.1. The van der Waals surface area contributed by atoms with E-state index in [1.165, 1.54) is 5.56 Å². The summed E-state index contributed by atoms with van der Waals surface area (Å²) in [5, 5.41) is 11.6. The van der Waals surface area contributed by atoms with Crippen LogP contribution in [-0.2, 0) is 6.54 Å². The number of aromatic nitrogens is 2. The summed E-state index contributed by atoms with van der Waals surface area (Å²) in [5.41, 5.74) is 2.52. The van der Waals surface area contributed by atoms with Gasteiger partial charge < -0.3 is 5.32 Å². The van der Waals surface area contributed by atoms with E-state index < -0.39 is 0 Å². The van der Waals surface area contributed by atoms with Gasteiger partial charge in [0.05, 0.1) is 6.20 Å². The molecule has 1 atom stereocenters. The Hall–Kier alpha value is -1.94. The lowest BCUT2D eigenvalue weighted by Crippen LogP contribution is -2.26. The maximum atomic E-state index is 4.13. The molecular formula is C16H20N4. The molecule has 0 saturated carbocycles. The number of benzene rings is 1. The van der Waals surface area contributed by atoms with Gasteiger partial charge in [0.2, 0.25) is 0 Å². The van der Waals surface area contributed by atoms with Crippen LogP contribution in [0.3, 0.4) is 0 Å². The first kappa shape index (κ1) is 13.1. The smallest absolute Gasteiger partial charge is 0.149 e. The van der Waals surface area contributed by atoms with Crippen molar-refractivity contribution in [2.24, 2.45) is 0 Å². The van der Waals surface area contributed by atoms with Crippen molar-refractivity contribution in [2.75, 3.05) is 18.4 Å². The Bertz CT molecular complexity index is 555. The molecular weight excluding hydrogens is 248 g/mol. The molecule has 0 aliphatic carbocycles. The third kappa shape index (κ3) is 3.33. The molecule has 1 fully saturated rings. The van der Waals surface area contributed by atoms with Crippen molar-refractivity contribution in [2.45, 2.75) is 25.9 Å². The molecule has 4 nitrogen and oxygen atoms in total. The van der Waals surface area contributed by atoms with Crippen LogP contribution >= 0.6 is 0 Å². The van der Waals surface area contributed by atoms with Crippen molar-refractivity contribution in [3.05, 3.63) is 53.7 Å². The fraction of sp³-hybridized carbons (Fsp3) is 0.375. The fourth-order valence-corrected chi connectivity index (χ4v) is 2.68. The van der Waals surface area contributed by atoms with Gasteiger partial charge in [0.1, 0.15) is 5.82 Å². The van der Waals surface area contributed by atoms with E-state index in [0.29, 0.717) is 6.04 Å². The zero-order valence-corrected chi connectivity index (χ0v) is 11.8. The Morgan fingerprint density at radius 1 is 1.30 bits per heavy atom. The van der Waals surface area contributed by atoms with Gasteiger partial charge in [0.25, 0.3) is 0 Å². The SMILES string of the molecule is Cc1cnnc(NC2CCN(Cc3ccccc3)C2)c1. The Labute approximate surface area is 119 Å².